The summed E-state index contributed by atoms with van der Waals surface area (Å²) < 4.78 is 14.5. The van der Waals surface area contributed by atoms with Gasteiger partial charge in [0, 0.05) is 24.5 Å². The zero-order valence-electron chi connectivity index (χ0n) is 7.05. The molecule has 0 bridgehead atoms. The Bertz CT molecular complexity index is 431. The third-order valence-electron chi connectivity index (χ3n) is 1.76. The minimum Gasteiger partial charge on any atom is -0.508 e. The lowest BCUT2D eigenvalue weighted by atomic mass is 10.2. The highest BCUT2D eigenvalue weighted by Crippen LogP contribution is 2.28. The molecule has 2 rings (SSSR count). The molecule has 0 unspecified atom stereocenters. The molecule has 0 atom stereocenters. The van der Waals surface area contributed by atoms with Gasteiger partial charge in [0.05, 0.1) is 0 Å². The van der Waals surface area contributed by atoms with Crippen molar-refractivity contribution in [2.24, 2.45) is 0 Å². The molecular weight excluding hydrogens is 187 g/mol. The van der Waals surface area contributed by atoms with E-state index in [1.807, 2.05) is 0 Å². The smallest absolute Gasteiger partial charge is 0.156 e. The molecule has 1 heterocycles. The minimum absolute atomic E-state index is 0.0761. The fourth-order valence-corrected chi connectivity index (χ4v) is 1.20. The van der Waals surface area contributed by atoms with Crippen molar-refractivity contribution in [3.05, 3.63) is 36.4 Å². The molecule has 0 amide bonds. The van der Waals surface area contributed by atoms with Crippen molar-refractivity contribution in [1.82, 2.24) is 9.78 Å². The Hall–Kier alpha value is -2.04. The van der Waals surface area contributed by atoms with Gasteiger partial charge in [-0.3, -0.25) is 0 Å². The van der Waals surface area contributed by atoms with E-state index >= 15 is 0 Å². The number of hydrogen-bond acceptors (Lipinski definition) is 3. The van der Waals surface area contributed by atoms with Crippen molar-refractivity contribution < 1.29 is 14.6 Å². The SMILES string of the molecule is Oc1cc(O)c(-n2cccn2)c(F)c1. The van der Waals surface area contributed by atoms with Gasteiger partial charge in [0.15, 0.2) is 5.82 Å². The van der Waals surface area contributed by atoms with E-state index in [0.717, 1.165) is 12.1 Å². The molecule has 0 aliphatic rings. The third-order valence-corrected chi connectivity index (χ3v) is 1.76. The molecule has 2 aromatic rings. The van der Waals surface area contributed by atoms with E-state index < -0.39 is 5.82 Å². The van der Waals surface area contributed by atoms with Crippen molar-refractivity contribution in [1.29, 1.82) is 0 Å². The molecule has 0 spiro atoms. The second kappa shape index (κ2) is 3.02. The maximum Gasteiger partial charge on any atom is 0.156 e. The van der Waals surface area contributed by atoms with Crippen LogP contribution in [0.2, 0.25) is 0 Å². The summed E-state index contributed by atoms with van der Waals surface area (Å²) in [6.45, 7) is 0. The van der Waals surface area contributed by atoms with Crippen LogP contribution in [0.4, 0.5) is 4.39 Å². The van der Waals surface area contributed by atoms with Crippen LogP contribution in [-0.4, -0.2) is 20.0 Å². The Morgan fingerprint density at radius 3 is 2.64 bits per heavy atom. The van der Waals surface area contributed by atoms with Gasteiger partial charge in [-0.2, -0.15) is 5.10 Å². The molecule has 2 N–H and O–H groups in total. The number of benzene rings is 1. The fourth-order valence-electron chi connectivity index (χ4n) is 1.20. The molecule has 0 aliphatic heterocycles. The van der Waals surface area contributed by atoms with Gasteiger partial charge in [-0.1, -0.05) is 0 Å². The van der Waals surface area contributed by atoms with Crippen LogP contribution in [0.3, 0.4) is 0 Å². The zero-order valence-corrected chi connectivity index (χ0v) is 7.05. The monoisotopic (exact) mass is 194 g/mol. The molecular formula is C9H7FN2O2. The zero-order chi connectivity index (χ0) is 10.1. The van der Waals surface area contributed by atoms with Gasteiger partial charge in [-0.05, 0) is 6.07 Å². The van der Waals surface area contributed by atoms with Crippen molar-refractivity contribution in [3.8, 4) is 17.2 Å². The first-order valence-corrected chi connectivity index (χ1v) is 3.90. The summed E-state index contributed by atoms with van der Waals surface area (Å²) in [5, 5.41) is 22.1. The molecule has 0 fully saturated rings. The summed E-state index contributed by atoms with van der Waals surface area (Å²) in [5.74, 6) is -1.41. The largest absolute Gasteiger partial charge is 0.508 e. The first-order chi connectivity index (χ1) is 6.68. The summed E-state index contributed by atoms with van der Waals surface area (Å²) in [5.41, 5.74) is -0.0761. The lowest BCUT2D eigenvalue weighted by Crippen LogP contribution is -1.98. The predicted molar refractivity (Wildman–Crippen MR) is 46.9 cm³/mol. The summed E-state index contributed by atoms with van der Waals surface area (Å²) in [4.78, 5) is 0. The van der Waals surface area contributed by atoms with E-state index in [1.54, 1.807) is 6.07 Å². The highest BCUT2D eigenvalue weighted by molar-refractivity contribution is 5.50. The van der Waals surface area contributed by atoms with Gasteiger partial charge >= 0.3 is 0 Å². The summed E-state index contributed by atoms with van der Waals surface area (Å²) >= 11 is 0. The van der Waals surface area contributed by atoms with Crippen molar-refractivity contribution >= 4 is 0 Å². The lowest BCUT2D eigenvalue weighted by molar-refractivity contribution is 0.437. The Labute approximate surface area is 78.8 Å². The summed E-state index contributed by atoms with van der Waals surface area (Å²) in [6.07, 6.45) is 2.96. The average molecular weight is 194 g/mol. The molecule has 1 aromatic heterocycles. The van der Waals surface area contributed by atoms with Gasteiger partial charge in [-0.25, -0.2) is 9.07 Å². The van der Waals surface area contributed by atoms with E-state index in [1.165, 1.54) is 17.1 Å². The molecule has 5 heteroatoms. The maximum atomic E-state index is 13.3. The number of rotatable bonds is 1. The Kier molecular flexibility index (Phi) is 1.85. The predicted octanol–water partition coefficient (Wildman–Crippen LogP) is 1.42. The Morgan fingerprint density at radius 1 is 1.29 bits per heavy atom. The van der Waals surface area contributed by atoms with Crippen LogP contribution in [0.1, 0.15) is 0 Å². The Morgan fingerprint density at radius 2 is 2.07 bits per heavy atom. The van der Waals surface area contributed by atoms with Gasteiger partial charge in [0.25, 0.3) is 0 Å². The topological polar surface area (TPSA) is 58.3 Å². The third kappa shape index (κ3) is 1.28. The molecule has 0 radical (unpaired) electrons. The van der Waals surface area contributed by atoms with E-state index in [-0.39, 0.29) is 17.2 Å². The molecule has 0 aliphatic carbocycles. The molecule has 14 heavy (non-hydrogen) atoms. The van der Waals surface area contributed by atoms with Crippen LogP contribution in [0, 0.1) is 5.82 Å². The molecule has 0 saturated heterocycles. The van der Waals surface area contributed by atoms with Crippen LogP contribution in [0.15, 0.2) is 30.6 Å². The molecule has 4 nitrogen and oxygen atoms in total. The normalized spacial score (nSPS) is 10.4. The van der Waals surface area contributed by atoms with Gasteiger partial charge in [0.1, 0.15) is 17.2 Å². The number of nitrogens with zero attached hydrogens (tertiary/aromatic N) is 2. The highest BCUT2D eigenvalue weighted by atomic mass is 19.1. The van der Waals surface area contributed by atoms with Crippen LogP contribution >= 0.6 is 0 Å². The van der Waals surface area contributed by atoms with E-state index in [9.17, 15) is 9.50 Å². The van der Waals surface area contributed by atoms with E-state index in [2.05, 4.69) is 5.10 Å². The molecule has 1 aromatic carbocycles. The number of halogens is 1. The van der Waals surface area contributed by atoms with Crippen LogP contribution < -0.4 is 0 Å². The van der Waals surface area contributed by atoms with Crippen molar-refractivity contribution in [3.63, 3.8) is 0 Å². The minimum atomic E-state index is -0.730. The van der Waals surface area contributed by atoms with Gasteiger partial charge in [-0.15, -0.1) is 0 Å². The second-order valence-electron chi connectivity index (χ2n) is 2.75. The van der Waals surface area contributed by atoms with Crippen LogP contribution in [0.25, 0.3) is 5.69 Å². The Balaban J connectivity index is 2.64. The average Bonchev–Trinajstić information content (AvgIpc) is 2.54. The van der Waals surface area contributed by atoms with Crippen molar-refractivity contribution in [2.45, 2.75) is 0 Å². The number of aromatic hydroxyl groups is 2. The molecule has 72 valence electrons. The van der Waals surface area contributed by atoms with E-state index in [4.69, 9.17) is 5.11 Å². The quantitative estimate of drug-likeness (QED) is 0.721. The number of phenols is 2. The standard InChI is InChI=1S/C9H7FN2O2/c10-7-4-6(13)5-8(14)9(7)12-3-1-2-11-12/h1-5,13-14H. The number of aromatic nitrogens is 2. The fraction of sp³-hybridized carbons (Fsp3) is 0. The van der Waals surface area contributed by atoms with Crippen LogP contribution in [-0.2, 0) is 0 Å². The summed E-state index contributed by atoms with van der Waals surface area (Å²) in [6, 6.07) is 3.57. The van der Waals surface area contributed by atoms with Gasteiger partial charge in [0.2, 0.25) is 0 Å². The highest BCUT2D eigenvalue weighted by Gasteiger charge is 2.11. The van der Waals surface area contributed by atoms with Crippen LogP contribution in [0.5, 0.6) is 11.5 Å². The first kappa shape index (κ1) is 8.55. The van der Waals surface area contributed by atoms with E-state index in [0.29, 0.717) is 0 Å². The summed E-state index contributed by atoms with van der Waals surface area (Å²) in [7, 11) is 0. The van der Waals surface area contributed by atoms with Gasteiger partial charge < -0.3 is 10.2 Å². The second-order valence-corrected chi connectivity index (χ2v) is 2.75. The van der Waals surface area contributed by atoms with Crippen molar-refractivity contribution in [2.75, 3.05) is 0 Å². The molecule has 0 saturated carbocycles. The number of hydrogen-bond donors (Lipinski definition) is 2. The number of phenolic OH excluding ortho intramolecular Hbond substituents is 2. The first-order valence-electron chi connectivity index (χ1n) is 3.90. The lowest BCUT2D eigenvalue weighted by Gasteiger charge is -2.06. The maximum absolute atomic E-state index is 13.3.